The quantitative estimate of drug-likeness (QED) is 0.627. The molecule has 2 aliphatic heterocycles. The lowest BCUT2D eigenvalue weighted by Crippen LogP contribution is -2.45. The molecular formula is C21H21F3N6OS. The van der Waals surface area contributed by atoms with Crippen LogP contribution in [0.1, 0.15) is 24.6 Å². The van der Waals surface area contributed by atoms with Gasteiger partial charge in [-0.05, 0) is 43.2 Å². The molecule has 32 heavy (non-hydrogen) atoms. The summed E-state index contributed by atoms with van der Waals surface area (Å²) < 4.78 is 42.7. The number of anilines is 1. The van der Waals surface area contributed by atoms with Gasteiger partial charge in [-0.2, -0.15) is 5.10 Å². The van der Waals surface area contributed by atoms with Crippen molar-refractivity contribution in [3.8, 4) is 5.75 Å². The number of hydrogen-bond donors (Lipinski definition) is 1. The summed E-state index contributed by atoms with van der Waals surface area (Å²) in [5, 5.41) is 5.04. The third-order valence-corrected chi connectivity index (χ3v) is 7.10. The number of halogens is 3. The highest BCUT2D eigenvalue weighted by Gasteiger charge is 2.47. The Morgan fingerprint density at radius 3 is 2.44 bits per heavy atom. The molecule has 4 heterocycles. The van der Waals surface area contributed by atoms with Crippen molar-refractivity contribution in [2.45, 2.75) is 41.7 Å². The topological polar surface area (TPSA) is 82.1 Å². The first-order valence-electron chi connectivity index (χ1n) is 10.2. The van der Waals surface area contributed by atoms with Crippen LogP contribution in [0, 0.1) is 5.41 Å². The molecule has 2 aromatic heterocycles. The Labute approximate surface area is 186 Å². The monoisotopic (exact) mass is 462 g/mol. The predicted octanol–water partition coefficient (Wildman–Crippen LogP) is 4.02. The van der Waals surface area contributed by atoms with Crippen LogP contribution >= 0.6 is 11.8 Å². The lowest BCUT2D eigenvalue weighted by molar-refractivity contribution is -0.274. The molecule has 0 saturated carbocycles. The zero-order chi connectivity index (χ0) is 22.3. The molecule has 5 rings (SSSR count). The van der Waals surface area contributed by atoms with Crippen molar-refractivity contribution < 1.29 is 17.9 Å². The van der Waals surface area contributed by atoms with E-state index >= 15 is 0 Å². The van der Waals surface area contributed by atoms with Gasteiger partial charge < -0.3 is 15.4 Å². The normalized spacial score (nSPS) is 19.9. The molecule has 0 amide bonds. The van der Waals surface area contributed by atoms with E-state index in [-0.39, 0.29) is 17.2 Å². The number of rotatable bonds is 4. The first-order valence-corrected chi connectivity index (χ1v) is 11.0. The van der Waals surface area contributed by atoms with Gasteiger partial charge >= 0.3 is 6.36 Å². The van der Waals surface area contributed by atoms with Crippen molar-refractivity contribution in [1.82, 2.24) is 19.7 Å². The molecule has 1 fully saturated rings. The molecule has 11 heteroatoms. The van der Waals surface area contributed by atoms with Crippen LogP contribution in [-0.4, -0.2) is 39.2 Å². The molecule has 1 unspecified atom stereocenters. The lowest BCUT2D eigenvalue weighted by atomic mass is 9.73. The van der Waals surface area contributed by atoms with E-state index in [1.54, 1.807) is 30.7 Å². The number of nitrogens with two attached hydrogens (primary N) is 1. The number of hydrogen-bond acceptors (Lipinski definition) is 7. The minimum absolute atomic E-state index is 0.00457. The molecular weight excluding hydrogens is 441 g/mol. The maximum absolute atomic E-state index is 12.3. The molecule has 168 valence electrons. The van der Waals surface area contributed by atoms with Crippen LogP contribution in [0.5, 0.6) is 5.75 Å². The molecule has 1 spiro atoms. The van der Waals surface area contributed by atoms with E-state index in [1.165, 1.54) is 23.9 Å². The molecule has 0 aliphatic carbocycles. The zero-order valence-corrected chi connectivity index (χ0v) is 17.8. The summed E-state index contributed by atoms with van der Waals surface area (Å²) in [6, 6.07) is 7.68. The van der Waals surface area contributed by atoms with Gasteiger partial charge in [-0.15, -0.1) is 13.2 Å². The van der Waals surface area contributed by atoms with Gasteiger partial charge in [-0.25, -0.2) is 9.97 Å². The Kier molecular flexibility index (Phi) is 5.25. The number of fused-ring (bicyclic) bond motifs is 1. The molecule has 2 aliphatic rings. The number of benzene rings is 1. The molecule has 0 bridgehead atoms. The van der Waals surface area contributed by atoms with E-state index in [0.29, 0.717) is 5.03 Å². The van der Waals surface area contributed by atoms with Crippen LogP contribution in [0.15, 0.2) is 58.8 Å². The largest absolute Gasteiger partial charge is 0.573 e. The molecule has 2 N–H and O–H groups in total. The van der Waals surface area contributed by atoms with Crippen LogP contribution < -0.4 is 15.4 Å². The van der Waals surface area contributed by atoms with Crippen molar-refractivity contribution in [3.63, 3.8) is 0 Å². The summed E-state index contributed by atoms with van der Waals surface area (Å²) in [5.74, 6) is 0.555. The maximum atomic E-state index is 12.3. The zero-order valence-electron chi connectivity index (χ0n) is 17.0. The maximum Gasteiger partial charge on any atom is 0.573 e. The highest BCUT2D eigenvalue weighted by Crippen LogP contribution is 2.47. The number of ether oxygens (including phenoxy) is 1. The van der Waals surface area contributed by atoms with E-state index < -0.39 is 6.36 Å². The molecule has 3 aromatic rings. The van der Waals surface area contributed by atoms with Crippen LogP contribution in [0.25, 0.3) is 0 Å². The fourth-order valence-corrected chi connectivity index (χ4v) is 5.18. The minimum atomic E-state index is -4.70. The van der Waals surface area contributed by atoms with Gasteiger partial charge in [0.2, 0.25) is 0 Å². The minimum Gasteiger partial charge on any atom is -0.406 e. The second kappa shape index (κ2) is 7.96. The number of alkyl halides is 3. The summed E-state index contributed by atoms with van der Waals surface area (Å²) in [6.07, 6.45) is 2.44. The summed E-state index contributed by atoms with van der Waals surface area (Å²) >= 11 is 1.32. The summed E-state index contributed by atoms with van der Waals surface area (Å²) in [5.41, 5.74) is 7.70. The van der Waals surface area contributed by atoms with Crippen molar-refractivity contribution >= 4 is 17.6 Å². The summed E-state index contributed by atoms with van der Waals surface area (Å²) in [6.45, 7) is 2.55. The Balaban J connectivity index is 1.18. The highest BCUT2D eigenvalue weighted by atomic mass is 32.2. The van der Waals surface area contributed by atoms with Crippen molar-refractivity contribution in [2.24, 2.45) is 11.1 Å². The summed E-state index contributed by atoms with van der Waals surface area (Å²) in [7, 11) is 0. The third-order valence-electron chi connectivity index (χ3n) is 6.17. The highest BCUT2D eigenvalue weighted by molar-refractivity contribution is 7.99. The number of aromatic nitrogens is 4. The first kappa shape index (κ1) is 21.1. The second-order valence-corrected chi connectivity index (χ2v) is 9.17. The third kappa shape index (κ3) is 4.14. The SMILES string of the molecule is NC1c2ccnn2CC12CCN(c1cnc(Sc3ccc(OC(F)(F)F)cc3)cn1)CC2. The molecule has 0 radical (unpaired) electrons. The van der Waals surface area contributed by atoms with Gasteiger partial charge in [0.15, 0.2) is 0 Å². The standard InChI is InChI=1S/C21H21F3N6OS/c22-21(23,24)31-14-1-3-15(4-2-14)32-18-12-26-17(11-27-18)29-9-6-20(7-10-29)13-30-16(19(20)25)5-8-28-30/h1-5,8,11-12,19H,6-7,9-10,13,25H2. The van der Waals surface area contributed by atoms with Gasteiger partial charge in [0.25, 0.3) is 0 Å². The van der Waals surface area contributed by atoms with Gasteiger partial charge in [0.1, 0.15) is 16.6 Å². The van der Waals surface area contributed by atoms with E-state index in [4.69, 9.17) is 5.73 Å². The fraction of sp³-hybridized carbons (Fsp3) is 0.381. The Morgan fingerprint density at radius 1 is 1.06 bits per heavy atom. The lowest BCUT2D eigenvalue weighted by Gasteiger charge is -2.41. The van der Waals surface area contributed by atoms with E-state index in [0.717, 1.165) is 48.9 Å². The average Bonchev–Trinajstić information content (AvgIpc) is 3.31. The molecule has 1 saturated heterocycles. The molecule has 1 aromatic carbocycles. The Morgan fingerprint density at radius 2 is 1.81 bits per heavy atom. The van der Waals surface area contributed by atoms with Gasteiger partial charge in [0, 0.05) is 36.1 Å². The predicted molar refractivity (Wildman–Crippen MR) is 112 cm³/mol. The summed E-state index contributed by atoms with van der Waals surface area (Å²) in [4.78, 5) is 12.0. The van der Waals surface area contributed by atoms with Gasteiger partial charge in [0.05, 0.1) is 24.1 Å². The van der Waals surface area contributed by atoms with E-state index in [1.807, 2.05) is 10.7 Å². The number of nitrogens with zero attached hydrogens (tertiary/aromatic N) is 5. The van der Waals surface area contributed by atoms with E-state index in [9.17, 15) is 13.2 Å². The smallest absolute Gasteiger partial charge is 0.406 e. The van der Waals surface area contributed by atoms with Crippen molar-refractivity contribution in [2.75, 3.05) is 18.0 Å². The van der Waals surface area contributed by atoms with Crippen LogP contribution in [0.4, 0.5) is 19.0 Å². The first-order chi connectivity index (χ1) is 15.3. The molecule has 1 atom stereocenters. The second-order valence-electron chi connectivity index (χ2n) is 8.07. The average molecular weight is 463 g/mol. The van der Waals surface area contributed by atoms with Crippen molar-refractivity contribution in [3.05, 3.63) is 54.6 Å². The van der Waals surface area contributed by atoms with E-state index in [2.05, 4.69) is 24.7 Å². The number of piperidine rings is 1. The Hall–Kier alpha value is -2.79. The van der Waals surface area contributed by atoms with Gasteiger partial charge in [-0.1, -0.05) is 11.8 Å². The van der Waals surface area contributed by atoms with Crippen molar-refractivity contribution in [1.29, 1.82) is 0 Å². The fourth-order valence-electron chi connectivity index (χ4n) is 4.46. The van der Waals surface area contributed by atoms with Crippen LogP contribution in [0.2, 0.25) is 0 Å². The van der Waals surface area contributed by atoms with Gasteiger partial charge in [-0.3, -0.25) is 4.68 Å². The van der Waals surface area contributed by atoms with Crippen LogP contribution in [-0.2, 0) is 6.54 Å². The Bertz CT molecular complexity index is 1080. The molecule has 7 nitrogen and oxygen atoms in total. The van der Waals surface area contributed by atoms with Crippen LogP contribution in [0.3, 0.4) is 0 Å².